The SMILES string of the molecule is O=C(NCCc1ccccc1OC(F)(F)F)[C@@H]1CCCCn2nnnc21. The van der Waals surface area contributed by atoms with Gasteiger partial charge in [-0.25, -0.2) is 4.68 Å². The minimum absolute atomic E-state index is 0.190. The van der Waals surface area contributed by atoms with Gasteiger partial charge in [0.25, 0.3) is 0 Å². The molecule has 0 unspecified atom stereocenters. The average molecular weight is 369 g/mol. The molecular formula is C16H18F3N5O2. The molecule has 2 heterocycles. The number of carbonyl (C=O) groups is 1. The number of fused-ring (bicyclic) bond motifs is 1. The molecule has 0 radical (unpaired) electrons. The van der Waals surface area contributed by atoms with Crippen LogP contribution in [0.3, 0.4) is 0 Å². The number of hydrogen-bond donors (Lipinski definition) is 1. The Morgan fingerprint density at radius 3 is 2.92 bits per heavy atom. The van der Waals surface area contributed by atoms with Crippen molar-refractivity contribution in [2.24, 2.45) is 0 Å². The number of ether oxygens (including phenoxy) is 1. The number of nitrogens with one attached hydrogen (secondary N) is 1. The van der Waals surface area contributed by atoms with E-state index in [1.165, 1.54) is 12.1 Å². The zero-order valence-electron chi connectivity index (χ0n) is 13.9. The van der Waals surface area contributed by atoms with E-state index >= 15 is 0 Å². The van der Waals surface area contributed by atoms with Crippen LogP contribution in [-0.2, 0) is 17.8 Å². The number of benzene rings is 1. The molecule has 1 aliphatic rings. The highest BCUT2D eigenvalue weighted by molar-refractivity contribution is 5.82. The van der Waals surface area contributed by atoms with Gasteiger partial charge in [0.2, 0.25) is 5.91 Å². The van der Waals surface area contributed by atoms with Gasteiger partial charge >= 0.3 is 6.36 Å². The van der Waals surface area contributed by atoms with Crippen LogP contribution in [0.2, 0.25) is 0 Å². The summed E-state index contributed by atoms with van der Waals surface area (Å²) < 4.78 is 43.0. The number of nitrogens with zero attached hydrogens (tertiary/aromatic N) is 4. The minimum Gasteiger partial charge on any atom is -0.406 e. The van der Waals surface area contributed by atoms with E-state index in [1.54, 1.807) is 16.8 Å². The summed E-state index contributed by atoms with van der Waals surface area (Å²) in [5.41, 5.74) is 0.371. The molecule has 10 heteroatoms. The average Bonchev–Trinajstić information content (AvgIpc) is 2.94. The highest BCUT2D eigenvalue weighted by Gasteiger charge is 2.32. The lowest BCUT2D eigenvalue weighted by Gasteiger charge is -2.15. The number of tetrazole rings is 1. The molecule has 0 aliphatic carbocycles. The Morgan fingerprint density at radius 2 is 2.12 bits per heavy atom. The predicted octanol–water partition coefficient (Wildman–Crippen LogP) is 2.20. The summed E-state index contributed by atoms with van der Waals surface area (Å²) in [6.07, 6.45) is -2.14. The molecule has 1 aromatic carbocycles. The number of para-hydroxylation sites is 1. The normalized spacial score (nSPS) is 17.3. The Hall–Kier alpha value is -2.65. The fourth-order valence-electron chi connectivity index (χ4n) is 2.99. The van der Waals surface area contributed by atoms with Gasteiger partial charge in [-0.15, -0.1) is 18.3 Å². The lowest BCUT2D eigenvalue weighted by atomic mass is 10.0. The number of hydrogen-bond acceptors (Lipinski definition) is 5. The summed E-state index contributed by atoms with van der Waals surface area (Å²) in [5, 5.41) is 14.2. The lowest BCUT2D eigenvalue weighted by molar-refractivity contribution is -0.274. The van der Waals surface area contributed by atoms with Gasteiger partial charge in [0.15, 0.2) is 5.82 Å². The largest absolute Gasteiger partial charge is 0.573 e. The Bertz CT molecular complexity index is 762. The van der Waals surface area contributed by atoms with Gasteiger partial charge in [-0.1, -0.05) is 24.6 Å². The van der Waals surface area contributed by atoms with Crippen LogP contribution < -0.4 is 10.1 Å². The second-order valence-electron chi connectivity index (χ2n) is 6.01. The number of aryl methyl sites for hydroxylation is 1. The quantitative estimate of drug-likeness (QED) is 0.874. The van der Waals surface area contributed by atoms with Crippen LogP contribution in [0.4, 0.5) is 13.2 Å². The van der Waals surface area contributed by atoms with Gasteiger partial charge < -0.3 is 10.1 Å². The highest BCUT2D eigenvalue weighted by Crippen LogP contribution is 2.27. The topological polar surface area (TPSA) is 81.9 Å². The van der Waals surface area contributed by atoms with E-state index < -0.39 is 12.3 Å². The van der Waals surface area contributed by atoms with Crippen molar-refractivity contribution in [3.63, 3.8) is 0 Å². The monoisotopic (exact) mass is 369 g/mol. The predicted molar refractivity (Wildman–Crippen MR) is 84.2 cm³/mol. The molecule has 1 aromatic heterocycles. The van der Waals surface area contributed by atoms with Gasteiger partial charge in [0, 0.05) is 13.1 Å². The van der Waals surface area contributed by atoms with Crippen LogP contribution in [0.5, 0.6) is 5.75 Å². The van der Waals surface area contributed by atoms with Crippen LogP contribution in [0.1, 0.15) is 36.6 Å². The summed E-state index contributed by atoms with van der Waals surface area (Å²) in [6.45, 7) is 0.864. The number of rotatable bonds is 5. The molecule has 2 aromatic rings. The summed E-state index contributed by atoms with van der Waals surface area (Å²) in [5.74, 6) is -0.403. The molecule has 3 rings (SSSR count). The molecular weight excluding hydrogens is 351 g/mol. The van der Waals surface area contributed by atoms with Crippen LogP contribution in [-0.4, -0.2) is 39.0 Å². The molecule has 0 spiro atoms. The third-order valence-corrected chi connectivity index (χ3v) is 4.19. The first-order valence-corrected chi connectivity index (χ1v) is 8.31. The molecule has 1 atom stereocenters. The van der Waals surface area contributed by atoms with Gasteiger partial charge in [-0.05, 0) is 41.3 Å². The van der Waals surface area contributed by atoms with E-state index in [2.05, 4.69) is 25.6 Å². The van der Waals surface area contributed by atoms with Crippen LogP contribution >= 0.6 is 0 Å². The first-order chi connectivity index (χ1) is 12.4. The van der Waals surface area contributed by atoms with E-state index in [9.17, 15) is 18.0 Å². The van der Waals surface area contributed by atoms with Crippen molar-refractivity contribution >= 4 is 5.91 Å². The van der Waals surface area contributed by atoms with Gasteiger partial charge in [-0.2, -0.15) is 0 Å². The molecule has 140 valence electrons. The Kier molecular flexibility index (Phi) is 5.38. The number of amides is 1. The standard InChI is InChI=1S/C16H18F3N5O2/c17-16(18,19)26-13-7-2-1-5-11(13)8-9-20-15(25)12-6-3-4-10-24-14(12)21-22-23-24/h1-2,5,7,12H,3-4,6,8-10H2,(H,20,25)/t12-/m1/s1. The molecule has 7 nitrogen and oxygen atoms in total. The number of aromatic nitrogens is 4. The molecule has 0 bridgehead atoms. The summed E-state index contributed by atoms with van der Waals surface area (Å²) in [4.78, 5) is 12.5. The second-order valence-corrected chi connectivity index (χ2v) is 6.01. The van der Waals surface area contributed by atoms with Gasteiger partial charge in [0.05, 0.1) is 5.92 Å². The summed E-state index contributed by atoms with van der Waals surface area (Å²) >= 11 is 0. The Balaban J connectivity index is 1.60. The maximum Gasteiger partial charge on any atom is 0.573 e. The van der Waals surface area contributed by atoms with Crippen molar-refractivity contribution in [1.29, 1.82) is 0 Å². The van der Waals surface area contributed by atoms with E-state index in [0.717, 1.165) is 12.8 Å². The molecule has 26 heavy (non-hydrogen) atoms. The summed E-state index contributed by atoms with van der Waals surface area (Å²) in [7, 11) is 0. The Morgan fingerprint density at radius 1 is 1.31 bits per heavy atom. The third-order valence-electron chi connectivity index (χ3n) is 4.19. The maximum atomic E-state index is 12.5. The van der Waals surface area contributed by atoms with Crippen molar-refractivity contribution in [1.82, 2.24) is 25.5 Å². The molecule has 1 aliphatic heterocycles. The Labute approximate surface area is 147 Å². The lowest BCUT2D eigenvalue weighted by Crippen LogP contribution is -2.32. The number of halogens is 3. The second kappa shape index (κ2) is 7.71. The molecule has 1 amide bonds. The zero-order chi connectivity index (χ0) is 18.6. The smallest absolute Gasteiger partial charge is 0.406 e. The van der Waals surface area contributed by atoms with Crippen LogP contribution in [0.15, 0.2) is 24.3 Å². The molecule has 0 saturated heterocycles. The van der Waals surface area contributed by atoms with Crippen molar-refractivity contribution in [3.8, 4) is 5.75 Å². The fourth-order valence-corrected chi connectivity index (χ4v) is 2.99. The van der Waals surface area contributed by atoms with Crippen molar-refractivity contribution in [3.05, 3.63) is 35.7 Å². The van der Waals surface area contributed by atoms with E-state index in [4.69, 9.17) is 0 Å². The van der Waals surface area contributed by atoms with Gasteiger partial charge in [-0.3, -0.25) is 4.79 Å². The number of alkyl halides is 3. The van der Waals surface area contributed by atoms with E-state index in [0.29, 0.717) is 24.4 Å². The van der Waals surface area contributed by atoms with Crippen molar-refractivity contribution < 1.29 is 22.7 Å². The molecule has 0 fully saturated rings. The van der Waals surface area contributed by atoms with Crippen molar-refractivity contribution in [2.45, 2.75) is 44.5 Å². The maximum absolute atomic E-state index is 12.5. The molecule has 0 saturated carbocycles. The summed E-state index contributed by atoms with van der Waals surface area (Å²) in [6, 6.07) is 5.89. The van der Waals surface area contributed by atoms with Crippen molar-refractivity contribution in [2.75, 3.05) is 6.54 Å². The van der Waals surface area contributed by atoms with Crippen LogP contribution in [0.25, 0.3) is 0 Å². The fraction of sp³-hybridized carbons (Fsp3) is 0.500. The minimum atomic E-state index is -4.75. The first-order valence-electron chi connectivity index (χ1n) is 8.31. The first kappa shape index (κ1) is 18.2. The molecule has 1 N–H and O–H groups in total. The van der Waals surface area contributed by atoms with Crippen LogP contribution in [0, 0.1) is 0 Å². The highest BCUT2D eigenvalue weighted by atomic mass is 19.4. The third kappa shape index (κ3) is 4.50. The zero-order valence-corrected chi connectivity index (χ0v) is 13.9. The number of carbonyl (C=O) groups excluding carboxylic acids is 1. The van der Waals surface area contributed by atoms with E-state index in [1.807, 2.05) is 0 Å². The van der Waals surface area contributed by atoms with E-state index in [-0.39, 0.29) is 24.6 Å². The van der Waals surface area contributed by atoms with Gasteiger partial charge in [0.1, 0.15) is 5.75 Å².